The van der Waals surface area contributed by atoms with Crippen molar-refractivity contribution in [1.82, 2.24) is 4.90 Å². The Hall–Kier alpha value is -3.22. The topological polar surface area (TPSA) is 82.1 Å². The zero-order valence-electron chi connectivity index (χ0n) is 15.1. The molecule has 1 aliphatic heterocycles. The number of methoxy groups -OCH3 is 1. The first-order valence-electron chi connectivity index (χ1n) is 8.68. The molecule has 3 rings (SSSR count). The number of amides is 1. The third-order valence-corrected chi connectivity index (χ3v) is 4.50. The van der Waals surface area contributed by atoms with Crippen molar-refractivity contribution in [2.75, 3.05) is 44.8 Å². The lowest BCUT2D eigenvalue weighted by atomic mass is 10.1. The average molecular weight is 369 g/mol. The van der Waals surface area contributed by atoms with Gasteiger partial charge < -0.3 is 29.2 Å². The van der Waals surface area contributed by atoms with Crippen LogP contribution in [0.2, 0.25) is 0 Å². The van der Waals surface area contributed by atoms with E-state index in [4.69, 9.17) is 9.47 Å². The maximum absolute atomic E-state index is 12.4. The van der Waals surface area contributed by atoms with Crippen molar-refractivity contribution in [3.05, 3.63) is 54.1 Å². The second-order valence-corrected chi connectivity index (χ2v) is 6.15. The molecule has 1 fully saturated rings. The van der Waals surface area contributed by atoms with Crippen LogP contribution in [0.5, 0.6) is 11.5 Å². The van der Waals surface area contributed by atoms with Gasteiger partial charge in [-0.3, -0.25) is 4.79 Å². The van der Waals surface area contributed by atoms with Crippen molar-refractivity contribution in [3.63, 3.8) is 0 Å². The molecule has 1 saturated heterocycles. The van der Waals surface area contributed by atoms with Crippen molar-refractivity contribution in [2.24, 2.45) is 0 Å². The summed E-state index contributed by atoms with van der Waals surface area (Å²) in [5.74, 6) is -0.169. The van der Waals surface area contributed by atoms with Crippen LogP contribution in [0.3, 0.4) is 0 Å². The molecule has 0 radical (unpaired) electrons. The van der Waals surface area contributed by atoms with Gasteiger partial charge in [0.15, 0.2) is 18.1 Å². The van der Waals surface area contributed by atoms with Crippen LogP contribution in [0.1, 0.15) is 10.4 Å². The molecule has 0 N–H and O–H groups in total. The van der Waals surface area contributed by atoms with Crippen LogP contribution in [0.15, 0.2) is 48.5 Å². The second kappa shape index (κ2) is 8.44. The number of ether oxygens (including phenoxy) is 2. The first kappa shape index (κ1) is 18.6. The number of rotatable bonds is 6. The van der Waals surface area contributed by atoms with Gasteiger partial charge in [0, 0.05) is 31.9 Å². The van der Waals surface area contributed by atoms with Crippen molar-refractivity contribution in [1.29, 1.82) is 0 Å². The number of nitrogens with zero attached hydrogens (tertiary/aromatic N) is 2. The molecular weight excluding hydrogens is 348 g/mol. The zero-order chi connectivity index (χ0) is 19.2. The highest BCUT2D eigenvalue weighted by atomic mass is 16.5. The number of benzene rings is 2. The number of carbonyl (C=O) groups excluding carboxylic acids is 2. The van der Waals surface area contributed by atoms with E-state index in [1.54, 1.807) is 36.3 Å². The van der Waals surface area contributed by atoms with E-state index >= 15 is 0 Å². The van der Waals surface area contributed by atoms with Gasteiger partial charge in [-0.05, 0) is 29.8 Å². The van der Waals surface area contributed by atoms with E-state index in [2.05, 4.69) is 4.90 Å². The highest BCUT2D eigenvalue weighted by molar-refractivity contribution is 5.87. The fraction of sp³-hybridized carbons (Fsp3) is 0.300. The van der Waals surface area contributed by atoms with Crippen molar-refractivity contribution < 1.29 is 24.2 Å². The second-order valence-electron chi connectivity index (χ2n) is 6.15. The fourth-order valence-electron chi connectivity index (χ4n) is 3.01. The SMILES string of the molecule is COc1ccccc1OCC(=O)N1CCN(c2cccc(C(=O)[O-])c2)CC1. The predicted molar refractivity (Wildman–Crippen MR) is 98.1 cm³/mol. The number of carbonyl (C=O) groups is 2. The smallest absolute Gasteiger partial charge is 0.260 e. The van der Waals surface area contributed by atoms with Gasteiger partial charge in [0.05, 0.1) is 13.1 Å². The Kier molecular flexibility index (Phi) is 5.80. The van der Waals surface area contributed by atoms with Gasteiger partial charge in [0.2, 0.25) is 0 Å². The summed E-state index contributed by atoms with van der Waals surface area (Å²) in [4.78, 5) is 27.2. The molecule has 1 heterocycles. The number of piperazine rings is 1. The lowest BCUT2D eigenvalue weighted by Crippen LogP contribution is -2.50. The maximum atomic E-state index is 12.4. The lowest BCUT2D eigenvalue weighted by Gasteiger charge is -2.36. The Labute approximate surface area is 157 Å². The first-order valence-corrected chi connectivity index (χ1v) is 8.68. The summed E-state index contributed by atoms with van der Waals surface area (Å²) in [6, 6.07) is 13.8. The van der Waals surface area contributed by atoms with E-state index < -0.39 is 5.97 Å². The van der Waals surface area contributed by atoms with Gasteiger partial charge in [-0.15, -0.1) is 0 Å². The number of para-hydroxylation sites is 2. The Bertz CT molecular complexity index is 816. The van der Waals surface area contributed by atoms with E-state index in [0.717, 1.165) is 5.69 Å². The molecule has 0 bridgehead atoms. The van der Waals surface area contributed by atoms with Crippen LogP contribution in [0.4, 0.5) is 5.69 Å². The monoisotopic (exact) mass is 369 g/mol. The van der Waals surface area contributed by atoms with Crippen LogP contribution in [-0.2, 0) is 4.79 Å². The van der Waals surface area contributed by atoms with Gasteiger partial charge in [0.1, 0.15) is 0 Å². The number of carboxylic acids is 1. The molecule has 27 heavy (non-hydrogen) atoms. The minimum atomic E-state index is -1.20. The van der Waals surface area contributed by atoms with Crippen LogP contribution in [-0.4, -0.2) is 56.7 Å². The standard InChI is InChI=1S/C20H22N2O5/c1-26-17-7-2-3-8-18(17)27-14-19(23)22-11-9-21(10-12-22)16-6-4-5-15(13-16)20(24)25/h2-8,13H,9-12,14H2,1H3,(H,24,25)/p-1. The largest absolute Gasteiger partial charge is 0.545 e. The van der Waals surface area contributed by atoms with Crippen molar-refractivity contribution in [3.8, 4) is 11.5 Å². The third kappa shape index (κ3) is 4.49. The summed E-state index contributed by atoms with van der Waals surface area (Å²) in [6.07, 6.45) is 0. The fourth-order valence-corrected chi connectivity index (χ4v) is 3.01. The molecule has 2 aromatic carbocycles. The predicted octanol–water partition coefficient (Wildman–Crippen LogP) is 0.786. The van der Waals surface area contributed by atoms with Crippen molar-refractivity contribution in [2.45, 2.75) is 0 Å². The first-order chi connectivity index (χ1) is 13.1. The molecule has 7 heteroatoms. The van der Waals surface area contributed by atoms with Gasteiger partial charge in [0.25, 0.3) is 5.91 Å². The van der Waals surface area contributed by atoms with Gasteiger partial charge in [-0.1, -0.05) is 24.3 Å². The zero-order valence-corrected chi connectivity index (χ0v) is 15.1. The molecule has 142 valence electrons. The summed E-state index contributed by atoms with van der Waals surface area (Å²) >= 11 is 0. The third-order valence-electron chi connectivity index (χ3n) is 4.50. The van der Waals surface area contributed by atoms with Crippen LogP contribution in [0, 0.1) is 0 Å². The summed E-state index contributed by atoms with van der Waals surface area (Å²) in [5.41, 5.74) is 0.963. The van der Waals surface area contributed by atoms with E-state index in [9.17, 15) is 14.7 Å². The summed E-state index contributed by atoms with van der Waals surface area (Å²) in [7, 11) is 1.55. The minimum Gasteiger partial charge on any atom is -0.545 e. The average Bonchev–Trinajstić information content (AvgIpc) is 2.72. The Balaban J connectivity index is 1.53. The molecule has 0 atom stereocenters. The Morgan fingerprint density at radius 1 is 1.00 bits per heavy atom. The molecular formula is C20H21N2O5-. The number of carboxylic acid groups (broad SMARTS) is 1. The highest BCUT2D eigenvalue weighted by Crippen LogP contribution is 2.25. The quantitative estimate of drug-likeness (QED) is 0.749. The summed E-state index contributed by atoms with van der Waals surface area (Å²) in [6.45, 7) is 2.28. The molecule has 0 unspecified atom stereocenters. The number of hydrogen-bond acceptors (Lipinski definition) is 6. The summed E-state index contributed by atoms with van der Waals surface area (Å²) in [5, 5.41) is 11.0. The molecule has 0 spiro atoms. The molecule has 1 aliphatic rings. The number of hydrogen-bond donors (Lipinski definition) is 0. The van der Waals surface area contributed by atoms with Gasteiger partial charge in [-0.2, -0.15) is 0 Å². The summed E-state index contributed by atoms with van der Waals surface area (Å²) < 4.78 is 10.8. The molecule has 0 aliphatic carbocycles. The Morgan fingerprint density at radius 3 is 2.37 bits per heavy atom. The maximum Gasteiger partial charge on any atom is 0.260 e. The molecule has 0 aromatic heterocycles. The number of aromatic carboxylic acids is 1. The lowest BCUT2D eigenvalue weighted by molar-refractivity contribution is -0.255. The van der Waals surface area contributed by atoms with Crippen molar-refractivity contribution >= 4 is 17.6 Å². The van der Waals surface area contributed by atoms with E-state index in [1.807, 2.05) is 18.2 Å². The highest BCUT2D eigenvalue weighted by Gasteiger charge is 2.22. The van der Waals surface area contributed by atoms with Crippen LogP contribution >= 0.6 is 0 Å². The molecule has 7 nitrogen and oxygen atoms in total. The minimum absolute atomic E-state index is 0.0550. The van der Waals surface area contributed by atoms with E-state index in [-0.39, 0.29) is 18.1 Å². The molecule has 2 aromatic rings. The molecule has 0 saturated carbocycles. The van der Waals surface area contributed by atoms with E-state index in [0.29, 0.717) is 37.7 Å². The molecule has 1 amide bonds. The normalized spacial score (nSPS) is 14.0. The number of anilines is 1. The van der Waals surface area contributed by atoms with Gasteiger partial charge >= 0.3 is 0 Å². The van der Waals surface area contributed by atoms with Crippen LogP contribution < -0.4 is 19.5 Å². The van der Waals surface area contributed by atoms with Crippen LogP contribution in [0.25, 0.3) is 0 Å². The van der Waals surface area contributed by atoms with Gasteiger partial charge in [-0.25, -0.2) is 0 Å². The Morgan fingerprint density at radius 2 is 1.70 bits per heavy atom. The van der Waals surface area contributed by atoms with E-state index in [1.165, 1.54) is 6.07 Å².